The van der Waals surface area contributed by atoms with Crippen molar-refractivity contribution in [1.29, 1.82) is 5.26 Å². The SMILES string of the molecule is Cc1ccc(Cc2ccc(=O)[nH]n2)c(F)c1Oc1cc(C#N)ccc1Cl. The number of rotatable bonds is 4. The van der Waals surface area contributed by atoms with Crippen LogP contribution in [0.3, 0.4) is 0 Å². The normalized spacial score (nSPS) is 10.4. The van der Waals surface area contributed by atoms with Gasteiger partial charge < -0.3 is 4.74 Å². The molecule has 0 fully saturated rings. The number of nitrogens with one attached hydrogen (secondary N) is 1. The first-order valence-corrected chi connectivity index (χ1v) is 8.06. The van der Waals surface area contributed by atoms with Gasteiger partial charge in [-0.15, -0.1) is 0 Å². The van der Waals surface area contributed by atoms with Crippen LogP contribution < -0.4 is 10.3 Å². The predicted molar refractivity (Wildman–Crippen MR) is 95.0 cm³/mol. The first-order chi connectivity index (χ1) is 12.5. The number of aromatic nitrogens is 2. The van der Waals surface area contributed by atoms with Gasteiger partial charge in [-0.05, 0) is 36.2 Å². The molecule has 0 radical (unpaired) electrons. The molecule has 26 heavy (non-hydrogen) atoms. The van der Waals surface area contributed by atoms with Crippen LogP contribution in [-0.2, 0) is 6.42 Å². The van der Waals surface area contributed by atoms with Crippen LogP contribution in [0.2, 0.25) is 5.02 Å². The third-order valence-corrected chi connectivity index (χ3v) is 4.07. The van der Waals surface area contributed by atoms with Gasteiger partial charge in [0.05, 0.1) is 22.3 Å². The summed E-state index contributed by atoms with van der Waals surface area (Å²) in [5.74, 6) is -0.313. The minimum absolute atomic E-state index is 0.0314. The molecule has 0 aliphatic heterocycles. The number of aromatic amines is 1. The minimum atomic E-state index is -0.545. The molecule has 0 spiro atoms. The Morgan fingerprint density at radius 3 is 2.77 bits per heavy atom. The number of hydrogen-bond donors (Lipinski definition) is 1. The molecule has 7 heteroatoms. The monoisotopic (exact) mass is 369 g/mol. The van der Waals surface area contributed by atoms with Crippen LogP contribution in [0.15, 0.2) is 47.3 Å². The van der Waals surface area contributed by atoms with Gasteiger partial charge in [-0.3, -0.25) is 4.79 Å². The second-order valence-corrected chi connectivity index (χ2v) is 6.04. The molecule has 0 bridgehead atoms. The molecule has 0 amide bonds. The van der Waals surface area contributed by atoms with Gasteiger partial charge in [0, 0.05) is 18.6 Å². The van der Waals surface area contributed by atoms with E-state index in [-0.39, 0.29) is 28.5 Å². The highest BCUT2D eigenvalue weighted by atomic mass is 35.5. The molecule has 5 nitrogen and oxygen atoms in total. The number of nitriles is 1. The van der Waals surface area contributed by atoms with E-state index in [1.165, 1.54) is 24.3 Å². The van der Waals surface area contributed by atoms with Gasteiger partial charge >= 0.3 is 0 Å². The molecule has 1 heterocycles. The van der Waals surface area contributed by atoms with Crippen LogP contribution in [0.5, 0.6) is 11.5 Å². The van der Waals surface area contributed by atoms with E-state index in [1.807, 2.05) is 6.07 Å². The Bertz CT molecular complexity index is 1050. The Hall–Kier alpha value is -3.17. The lowest BCUT2D eigenvalue weighted by Crippen LogP contribution is -2.08. The summed E-state index contributed by atoms with van der Waals surface area (Å²) in [6.45, 7) is 1.71. The second-order valence-electron chi connectivity index (χ2n) is 5.63. The van der Waals surface area contributed by atoms with Gasteiger partial charge in [0.2, 0.25) is 0 Å². The van der Waals surface area contributed by atoms with Crippen molar-refractivity contribution in [2.24, 2.45) is 0 Å². The first kappa shape index (κ1) is 17.6. The summed E-state index contributed by atoms with van der Waals surface area (Å²) in [5, 5.41) is 15.5. The maximum absolute atomic E-state index is 15.0. The van der Waals surface area contributed by atoms with Gasteiger partial charge in [-0.1, -0.05) is 23.7 Å². The number of hydrogen-bond acceptors (Lipinski definition) is 4. The average Bonchev–Trinajstić information content (AvgIpc) is 2.64. The van der Waals surface area contributed by atoms with Crippen LogP contribution in [0.1, 0.15) is 22.4 Å². The summed E-state index contributed by atoms with van der Waals surface area (Å²) >= 11 is 6.09. The number of benzene rings is 2. The van der Waals surface area contributed by atoms with E-state index >= 15 is 0 Å². The second kappa shape index (κ2) is 7.38. The standard InChI is InChI=1S/C19H13ClFN3O2/c1-11-2-4-13(9-14-5-7-17(25)24-23-14)18(21)19(11)26-16-8-12(10-22)3-6-15(16)20/h2-8H,9H2,1H3,(H,24,25). The molecule has 1 aromatic heterocycles. The highest BCUT2D eigenvalue weighted by Crippen LogP contribution is 2.35. The largest absolute Gasteiger partial charge is 0.452 e. The highest BCUT2D eigenvalue weighted by molar-refractivity contribution is 6.32. The minimum Gasteiger partial charge on any atom is -0.452 e. The smallest absolute Gasteiger partial charge is 0.264 e. The van der Waals surface area contributed by atoms with Crippen molar-refractivity contribution >= 4 is 11.6 Å². The molecule has 0 aliphatic rings. The third-order valence-electron chi connectivity index (χ3n) is 3.75. The van der Waals surface area contributed by atoms with Crippen LogP contribution in [0.4, 0.5) is 4.39 Å². The number of aryl methyl sites for hydroxylation is 1. The molecular weight excluding hydrogens is 357 g/mol. The molecule has 0 saturated heterocycles. The van der Waals surface area contributed by atoms with E-state index in [0.29, 0.717) is 22.4 Å². The lowest BCUT2D eigenvalue weighted by Gasteiger charge is -2.14. The van der Waals surface area contributed by atoms with Crippen LogP contribution in [0.25, 0.3) is 0 Å². The molecule has 1 N–H and O–H groups in total. The highest BCUT2D eigenvalue weighted by Gasteiger charge is 2.16. The maximum atomic E-state index is 15.0. The predicted octanol–water partition coefficient (Wildman–Crippen LogP) is 4.13. The first-order valence-electron chi connectivity index (χ1n) is 7.68. The summed E-state index contributed by atoms with van der Waals surface area (Å²) < 4.78 is 20.6. The quantitative estimate of drug-likeness (QED) is 0.750. The van der Waals surface area contributed by atoms with Crippen molar-refractivity contribution in [3.8, 4) is 17.6 Å². The van der Waals surface area contributed by atoms with Crippen LogP contribution in [0, 0.1) is 24.1 Å². The van der Waals surface area contributed by atoms with Gasteiger partial charge in [0.1, 0.15) is 5.75 Å². The van der Waals surface area contributed by atoms with Crippen molar-refractivity contribution in [2.75, 3.05) is 0 Å². The third kappa shape index (κ3) is 3.73. The molecular formula is C19H13ClFN3O2. The Balaban J connectivity index is 1.96. The van der Waals surface area contributed by atoms with E-state index in [9.17, 15) is 9.18 Å². The Labute approximate surface area is 153 Å². The van der Waals surface area contributed by atoms with Gasteiger partial charge in [0.15, 0.2) is 11.6 Å². The zero-order valence-electron chi connectivity index (χ0n) is 13.7. The summed E-state index contributed by atoms with van der Waals surface area (Å²) in [5.41, 5.74) is 1.49. The molecule has 130 valence electrons. The maximum Gasteiger partial charge on any atom is 0.264 e. The van der Waals surface area contributed by atoms with Gasteiger partial charge in [0.25, 0.3) is 5.56 Å². The van der Waals surface area contributed by atoms with E-state index in [1.54, 1.807) is 25.1 Å². The van der Waals surface area contributed by atoms with Crippen molar-refractivity contribution in [1.82, 2.24) is 10.2 Å². The Morgan fingerprint density at radius 1 is 1.27 bits per heavy atom. The van der Waals surface area contributed by atoms with Crippen molar-refractivity contribution < 1.29 is 9.13 Å². The molecule has 0 atom stereocenters. The number of ether oxygens (including phenoxy) is 1. The molecule has 3 rings (SSSR count). The molecule has 0 aliphatic carbocycles. The summed E-state index contributed by atoms with van der Waals surface area (Å²) in [6.07, 6.45) is 0.186. The van der Waals surface area contributed by atoms with E-state index in [4.69, 9.17) is 21.6 Å². The van der Waals surface area contributed by atoms with E-state index in [2.05, 4.69) is 10.2 Å². The number of halogens is 2. The number of nitrogens with zero attached hydrogens (tertiary/aromatic N) is 2. The lowest BCUT2D eigenvalue weighted by molar-refractivity contribution is 0.435. The fraction of sp³-hybridized carbons (Fsp3) is 0.105. The van der Waals surface area contributed by atoms with Gasteiger partial charge in [-0.25, -0.2) is 9.49 Å². The van der Waals surface area contributed by atoms with Crippen LogP contribution >= 0.6 is 11.6 Å². The zero-order valence-corrected chi connectivity index (χ0v) is 14.5. The van der Waals surface area contributed by atoms with Crippen LogP contribution in [-0.4, -0.2) is 10.2 Å². The Kier molecular flexibility index (Phi) is 5.01. The summed E-state index contributed by atoms with van der Waals surface area (Å²) in [6, 6.07) is 12.7. The molecule has 0 saturated carbocycles. The fourth-order valence-electron chi connectivity index (χ4n) is 2.38. The van der Waals surface area contributed by atoms with E-state index < -0.39 is 5.82 Å². The zero-order chi connectivity index (χ0) is 18.7. The van der Waals surface area contributed by atoms with Gasteiger partial charge in [-0.2, -0.15) is 10.4 Å². The average molecular weight is 370 g/mol. The number of H-pyrrole nitrogens is 1. The molecule has 0 unspecified atom stereocenters. The molecule has 3 aromatic rings. The topological polar surface area (TPSA) is 78.8 Å². The Morgan fingerprint density at radius 2 is 2.08 bits per heavy atom. The lowest BCUT2D eigenvalue weighted by atomic mass is 10.1. The molecule has 2 aromatic carbocycles. The van der Waals surface area contributed by atoms with Crippen molar-refractivity contribution in [2.45, 2.75) is 13.3 Å². The van der Waals surface area contributed by atoms with E-state index in [0.717, 1.165) is 0 Å². The summed E-state index contributed by atoms with van der Waals surface area (Å²) in [4.78, 5) is 11.1. The van der Waals surface area contributed by atoms with Crippen molar-refractivity contribution in [3.05, 3.63) is 86.0 Å². The fourth-order valence-corrected chi connectivity index (χ4v) is 2.54. The summed E-state index contributed by atoms with van der Waals surface area (Å²) in [7, 11) is 0. The van der Waals surface area contributed by atoms with Crippen molar-refractivity contribution in [3.63, 3.8) is 0 Å².